The normalized spacial score (nSPS) is 13.6. The zero-order chi connectivity index (χ0) is 14.5. The second-order valence-electron chi connectivity index (χ2n) is 6.98. The smallest absolute Gasteiger partial charge is 0.0108 e. The molecule has 0 bridgehead atoms. The van der Waals surface area contributed by atoms with Gasteiger partial charge in [0.05, 0.1) is 0 Å². The minimum absolute atomic E-state index is 0.427. The van der Waals surface area contributed by atoms with Gasteiger partial charge in [0.25, 0.3) is 0 Å². The Bertz CT molecular complexity index is 387. The number of hydrogen-bond donors (Lipinski definition) is 1. The molecule has 0 amide bonds. The van der Waals surface area contributed by atoms with Crippen molar-refractivity contribution < 1.29 is 0 Å². The van der Waals surface area contributed by atoms with Gasteiger partial charge >= 0.3 is 0 Å². The van der Waals surface area contributed by atoms with E-state index in [0.717, 1.165) is 13.0 Å². The van der Waals surface area contributed by atoms with Crippen molar-refractivity contribution in [1.29, 1.82) is 0 Å². The summed E-state index contributed by atoms with van der Waals surface area (Å²) in [6.07, 6.45) is 3.67. The van der Waals surface area contributed by atoms with Crippen molar-refractivity contribution >= 4 is 0 Å². The lowest BCUT2D eigenvalue weighted by Gasteiger charge is -2.24. The molecule has 19 heavy (non-hydrogen) atoms. The third kappa shape index (κ3) is 6.24. The lowest BCUT2D eigenvalue weighted by Crippen LogP contribution is -2.32. The van der Waals surface area contributed by atoms with Gasteiger partial charge in [0.2, 0.25) is 0 Å². The molecule has 1 atom stereocenters. The minimum Gasteiger partial charge on any atom is -0.314 e. The largest absolute Gasteiger partial charge is 0.314 e. The summed E-state index contributed by atoms with van der Waals surface area (Å²) in [5.74, 6) is 0. The highest BCUT2D eigenvalue weighted by Gasteiger charge is 2.15. The maximum atomic E-state index is 3.64. The van der Waals surface area contributed by atoms with Crippen LogP contribution in [0.5, 0.6) is 0 Å². The van der Waals surface area contributed by atoms with Crippen LogP contribution >= 0.6 is 0 Å². The Morgan fingerprint density at radius 2 is 1.79 bits per heavy atom. The lowest BCUT2D eigenvalue weighted by atomic mass is 9.87. The van der Waals surface area contributed by atoms with Crippen molar-refractivity contribution in [3.05, 3.63) is 34.9 Å². The first-order valence-electron chi connectivity index (χ1n) is 7.61. The molecule has 0 fully saturated rings. The molecular formula is C18H31N. The van der Waals surface area contributed by atoms with Crippen LogP contribution in [0.1, 0.15) is 57.2 Å². The zero-order valence-electron chi connectivity index (χ0n) is 13.6. The Morgan fingerprint density at radius 3 is 2.32 bits per heavy atom. The Kier molecular flexibility index (Phi) is 6.06. The second-order valence-corrected chi connectivity index (χ2v) is 6.98. The second kappa shape index (κ2) is 7.09. The van der Waals surface area contributed by atoms with E-state index in [4.69, 9.17) is 0 Å². The van der Waals surface area contributed by atoms with Gasteiger partial charge < -0.3 is 5.32 Å². The van der Waals surface area contributed by atoms with Gasteiger partial charge in [0.15, 0.2) is 0 Å². The highest BCUT2D eigenvalue weighted by Crippen LogP contribution is 2.23. The molecule has 0 spiro atoms. The Hall–Kier alpha value is -0.820. The topological polar surface area (TPSA) is 12.0 Å². The minimum atomic E-state index is 0.427. The fourth-order valence-electron chi connectivity index (χ4n) is 2.39. The molecule has 0 aliphatic carbocycles. The molecule has 1 nitrogen and oxygen atoms in total. The van der Waals surface area contributed by atoms with Gasteiger partial charge in [-0.25, -0.2) is 0 Å². The highest BCUT2D eigenvalue weighted by molar-refractivity contribution is 5.30. The third-order valence-corrected chi connectivity index (χ3v) is 3.79. The molecule has 1 unspecified atom stereocenters. The molecule has 0 aromatic heterocycles. The maximum absolute atomic E-state index is 3.64. The fraction of sp³-hybridized carbons (Fsp3) is 0.667. The monoisotopic (exact) mass is 261 g/mol. The highest BCUT2D eigenvalue weighted by atomic mass is 14.9. The molecular weight excluding hydrogens is 230 g/mol. The number of likely N-dealkylation sites (N-methyl/N-ethyl adjacent to an activating group) is 1. The first kappa shape index (κ1) is 16.2. The van der Waals surface area contributed by atoms with E-state index < -0.39 is 0 Å². The number of rotatable bonds is 6. The van der Waals surface area contributed by atoms with Crippen molar-refractivity contribution in [3.63, 3.8) is 0 Å². The average molecular weight is 261 g/mol. The van der Waals surface area contributed by atoms with Crippen LogP contribution in [-0.2, 0) is 6.42 Å². The number of benzene rings is 1. The summed E-state index contributed by atoms with van der Waals surface area (Å²) in [7, 11) is 0. The van der Waals surface area contributed by atoms with Crippen molar-refractivity contribution in [3.8, 4) is 0 Å². The molecule has 0 radical (unpaired) electrons. The first-order chi connectivity index (χ1) is 8.81. The van der Waals surface area contributed by atoms with Gasteiger partial charge in [-0.15, -0.1) is 0 Å². The van der Waals surface area contributed by atoms with Crippen LogP contribution in [0.15, 0.2) is 18.2 Å². The van der Waals surface area contributed by atoms with Crippen molar-refractivity contribution in [1.82, 2.24) is 5.32 Å². The van der Waals surface area contributed by atoms with Gasteiger partial charge in [-0.05, 0) is 61.8 Å². The van der Waals surface area contributed by atoms with Crippen molar-refractivity contribution in [2.75, 3.05) is 6.54 Å². The van der Waals surface area contributed by atoms with Gasteiger partial charge in [0, 0.05) is 6.04 Å². The van der Waals surface area contributed by atoms with Crippen LogP contribution < -0.4 is 5.32 Å². The molecule has 0 saturated heterocycles. The number of aryl methyl sites for hydroxylation is 2. The maximum Gasteiger partial charge on any atom is 0.0108 e. The predicted molar refractivity (Wildman–Crippen MR) is 85.8 cm³/mol. The number of nitrogens with one attached hydrogen (secondary N) is 1. The Morgan fingerprint density at radius 1 is 1.11 bits per heavy atom. The summed E-state index contributed by atoms with van der Waals surface area (Å²) >= 11 is 0. The Balaban J connectivity index is 2.64. The average Bonchev–Trinajstić information content (AvgIpc) is 2.30. The summed E-state index contributed by atoms with van der Waals surface area (Å²) in [5.41, 5.74) is 4.68. The van der Waals surface area contributed by atoms with E-state index in [9.17, 15) is 0 Å². The van der Waals surface area contributed by atoms with Crippen LogP contribution in [0, 0.1) is 19.3 Å². The zero-order valence-corrected chi connectivity index (χ0v) is 13.6. The predicted octanol–water partition coefficient (Wildman–Crippen LogP) is 4.65. The van der Waals surface area contributed by atoms with E-state index in [1.54, 1.807) is 0 Å². The van der Waals surface area contributed by atoms with Crippen LogP contribution in [-0.4, -0.2) is 12.6 Å². The van der Waals surface area contributed by atoms with Crippen LogP contribution in [0.4, 0.5) is 0 Å². The van der Waals surface area contributed by atoms with E-state index >= 15 is 0 Å². The van der Waals surface area contributed by atoms with Gasteiger partial charge in [0.1, 0.15) is 0 Å². The van der Waals surface area contributed by atoms with Gasteiger partial charge in [-0.2, -0.15) is 0 Å². The van der Waals surface area contributed by atoms with E-state index in [1.807, 2.05) is 0 Å². The number of hydrogen-bond acceptors (Lipinski definition) is 1. The quantitative estimate of drug-likeness (QED) is 0.786. The molecule has 1 heteroatoms. The molecule has 0 heterocycles. The molecule has 0 aliphatic heterocycles. The summed E-state index contributed by atoms with van der Waals surface area (Å²) in [6, 6.07) is 7.48. The standard InChI is InChI=1S/C18H31N/c1-7-19-17(10-11-18(4,5)6)13-16-9-8-14(2)15(3)12-16/h8-9,12,17,19H,7,10-11,13H2,1-6H3. The summed E-state index contributed by atoms with van der Waals surface area (Å²) in [6.45, 7) is 14.6. The van der Waals surface area contributed by atoms with Crippen molar-refractivity contribution in [2.24, 2.45) is 5.41 Å². The van der Waals surface area contributed by atoms with Gasteiger partial charge in [-0.1, -0.05) is 45.9 Å². The van der Waals surface area contributed by atoms with E-state index in [0.29, 0.717) is 11.5 Å². The third-order valence-electron chi connectivity index (χ3n) is 3.79. The lowest BCUT2D eigenvalue weighted by molar-refractivity contribution is 0.330. The fourth-order valence-corrected chi connectivity index (χ4v) is 2.39. The molecule has 108 valence electrons. The Labute approximate surface area is 119 Å². The van der Waals surface area contributed by atoms with E-state index in [2.05, 4.69) is 65.1 Å². The molecule has 1 aromatic carbocycles. The van der Waals surface area contributed by atoms with Crippen molar-refractivity contribution in [2.45, 2.75) is 66.8 Å². The molecule has 1 rings (SSSR count). The van der Waals surface area contributed by atoms with Gasteiger partial charge in [-0.3, -0.25) is 0 Å². The van der Waals surface area contributed by atoms with E-state index in [1.165, 1.54) is 29.5 Å². The summed E-state index contributed by atoms with van der Waals surface area (Å²) in [4.78, 5) is 0. The molecule has 1 N–H and O–H groups in total. The molecule has 0 aliphatic rings. The molecule has 1 aromatic rings. The van der Waals surface area contributed by atoms with Crippen LogP contribution in [0.3, 0.4) is 0 Å². The summed E-state index contributed by atoms with van der Waals surface area (Å²) in [5, 5.41) is 3.64. The van der Waals surface area contributed by atoms with E-state index in [-0.39, 0.29) is 0 Å². The molecule has 0 saturated carbocycles. The summed E-state index contributed by atoms with van der Waals surface area (Å²) < 4.78 is 0. The first-order valence-corrected chi connectivity index (χ1v) is 7.61. The van der Waals surface area contributed by atoms with Crippen LogP contribution in [0.25, 0.3) is 0 Å². The SMILES string of the molecule is CCNC(CCC(C)(C)C)Cc1ccc(C)c(C)c1. The van der Waals surface area contributed by atoms with Crippen LogP contribution in [0.2, 0.25) is 0 Å².